The highest BCUT2D eigenvalue weighted by molar-refractivity contribution is 8.01. The number of hydrogen-bond acceptors (Lipinski definition) is 6. The SMILES string of the molecule is CC(N)CCC(=O)Nc1ccc(Sc2nncs2)c(Cl)c1.Cl. The third-order valence-corrected chi connectivity index (χ3v) is 4.86. The fourth-order valence-electron chi connectivity index (χ4n) is 1.55. The Morgan fingerprint density at radius 2 is 2.32 bits per heavy atom. The first-order valence-electron chi connectivity index (χ1n) is 6.33. The maximum absolute atomic E-state index is 11.7. The Kier molecular flexibility index (Phi) is 8.13. The molecule has 1 heterocycles. The summed E-state index contributed by atoms with van der Waals surface area (Å²) in [6, 6.07) is 5.42. The Morgan fingerprint density at radius 3 is 2.91 bits per heavy atom. The second-order valence-electron chi connectivity index (χ2n) is 4.52. The predicted octanol–water partition coefficient (Wildman–Crippen LogP) is 3.83. The van der Waals surface area contributed by atoms with E-state index >= 15 is 0 Å². The molecule has 0 aliphatic heterocycles. The Balaban J connectivity index is 0.00000242. The van der Waals surface area contributed by atoms with E-state index in [1.54, 1.807) is 11.6 Å². The molecule has 22 heavy (non-hydrogen) atoms. The molecule has 3 N–H and O–H groups in total. The number of nitrogens with zero attached hydrogens (tertiary/aromatic N) is 2. The molecule has 0 saturated carbocycles. The molecule has 2 aromatic rings. The first kappa shape index (κ1) is 19.2. The molecule has 9 heteroatoms. The fourth-order valence-corrected chi connectivity index (χ4v) is 3.28. The van der Waals surface area contributed by atoms with Crippen molar-refractivity contribution in [2.75, 3.05) is 5.32 Å². The van der Waals surface area contributed by atoms with Crippen molar-refractivity contribution in [3.63, 3.8) is 0 Å². The summed E-state index contributed by atoms with van der Waals surface area (Å²) < 4.78 is 0.825. The fraction of sp³-hybridized carbons (Fsp3) is 0.308. The summed E-state index contributed by atoms with van der Waals surface area (Å²) in [6.07, 6.45) is 1.06. The molecule has 5 nitrogen and oxygen atoms in total. The third kappa shape index (κ3) is 6.10. The molecule has 120 valence electrons. The summed E-state index contributed by atoms with van der Waals surface area (Å²) in [5.74, 6) is -0.0621. The predicted molar refractivity (Wildman–Crippen MR) is 94.2 cm³/mol. The normalized spacial score (nSPS) is 11.6. The van der Waals surface area contributed by atoms with Crippen molar-refractivity contribution >= 4 is 58.7 Å². The minimum atomic E-state index is -0.0621. The van der Waals surface area contributed by atoms with Crippen LogP contribution in [0.15, 0.2) is 32.9 Å². The number of hydrogen-bond donors (Lipinski definition) is 2. The number of amides is 1. The average Bonchev–Trinajstić information content (AvgIpc) is 2.92. The van der Waals surface area contributed by atoms with Gasteiger partial charge in [-0.05, 0) is 31.5 Å². The molecule has 0 bridgehead atoms. The van der Waals surface area contributed by atoms with Crippen LogP contribution < -0.4 is 11.1 Å². The van der Waals surface area contributed by atoms with E-state index in [-0.39, 0.29) is 24.4 Å². The lowest BCUT2D eigenvalue weighted by molar-refractivity contribution is -0.116. The molecule has 0 aliphatic rings. The topological polar surface area (TPSA) is 80.9 Å². The highest BCUT2D eigenvalue weighted by Crippen LogP contribution is 2.35. The highest BCUT2D eigenvalue weighted by atomic mass is 35.5. The highest BCUT2D eigenvalue weighted by Gasteiger charge is 2.09. The maximum Gasteiger partial charge on any atom is 0.224 e. The van der Waals surface area contributed by atoms with E-state index < -0.39 is 0 Å². The Labute approximate surface area is 148 Å². The Hall–Kier alpha value is -0.860. The summed E-state index contributed by atoms with van der Waals surface area (Å²) in [6.45, 7) is 1.88. The molecule has 0 aliphatic carbocycles. The van der Waals surface area contributed by atoms with Gasteiger partial charge in [-0.2, -0.15) is 0 Å². The maximum atomic E-state index is 11.7. The van der Waals surface area contributed by atoms with Gasteiger partial charge < -0.3 is 11.1 Å². The van der Waals surface area contributed by atoms with Crippen LogP contribution in [0.4, 0.5) is 5.69 Å². The van der Waals surface area contributed by atoms with E-state index in [1.165, 1.54) is 23.1 Å². The minimum absolute atomic E-state index is 0. The number of benzene rings is 1. The summed E-state index contributed by atoms with van der Waals surface area (Å²) in [5.41, 5.74) is 7.98. The van der Waals surface area contributed by atoms with Gasteiger partial charge in [0.15, 0.2) is 4.34 Å². The first-order chi connectivity index (χ1) is 10.0. The van der Waals surface area contributed by atoms with E-state index in [0.717, 1.165) is 9.24 Å². The van der Waals surface area contributed by atoms with Gasteiger partial charge in [-0.15, -0.1) is 22.6 Å². The lowest BCUT2D eigenvalue weighted by atomic mass is 10.2. The van der Waals surface area contributed by atoms with Crippen molar-refractivity contribution in [3.8, 4) is 0 Å². The van der Waals surface area contributed by atoms with Crippen LogP contribution >= 0.6 is 47.1 Å². The zero-order valence-corrected chi connectivity index (χ0v) is 15.0. The summed E-state index contributed by atoms with van der Waals surface area (Å²) in [4.78, 5) is 12.6. The number of nitrogens with one attached hydrogen (secondary N) is 1. The molecule has 0 saturated heterocycles. The lowest BCUT2D eigenvalue weighted by Crippen LogP contribution is -2.19. The Morgan fingerprint density at radius 1 is 1.55 bits per heavy atom. The van der Waals surface area contributed by atoms with Crippen LogP contribution in [0.3, 0.4) is 0 Å². The molecule has 2 rings (SSSR count). The van der Waals surface area contributed by atoms with Gasteiger partial charge in [0, 0.05) is 23.0 Å². The van der Waals surface area contributed by atoms with Crippen LogP contribution in [0.1, 0.15) is 19.8 Å². The van der Waals surface area contributed by atoms with Crippen molar-refractivity contribution < 1.29 is 4.79 Å². The molecule has 1 amide bonds. The van der Waals surface area contributed by atoms with Gasteiger partial charge in [0.2, 0.25) is 5.91 Å². The van der Waals surface area contributed by atoms with E-state index in [4.69, 9.17) is 17.3 Å². The quantitative estimate of drug-likeness (QED) is 0.797. The van der Waals surface area contributed by atoms with Gasteiger partial charge in [-0.3, -0.25) is 4.79 Å². The second-order valence-corrected chi connectivity index (χ2v) is 7.05. The Bertz CT molecular complexity index is 608. The number of nitrogens with two attached hydrogens (primary N) is 1. The monoisotopic (exact) mass is 378 g/mol. The molecular formula is C13H16Cl2N4OS2. The van der Waals surface area contributed by atoms with E-state index in [0.29, 0.717) is 23.6 Å². The minimum Gasteiger partial charge on any atom is -0.328 e. The molecule has 0 spiro atoms. The van der Waals surface area contributed by atoms with Crippen LogP contribution in [0.5, 0.6) is 0 Å². The number of carbonyl (C=O) groups is 1. The molecule has 0 radical (unpaired) electrons. The standard InChI is InChI=1S/C13H15ClN4OS2.ClH/c1-8(15)2-5-12(19)17-9-3-4-11(10(14)6-9)21-13-18-16-7-20-13;/h3-4,6-8H,2,5,15H2,1H3,(H,17,19);1H. The first-order valence-corrected chi connectivity index (χ1v) is 8.41. The van der Waals surface area contributed by atoms with E-state index in [2.05, 4.69) is 15.5 Å². The van der Waals surface area contributed by atoms with Crippen molar-refractivity contribution in [3.05, 3.63) is 28.7 Å². The second kappa shape index (κ2) is 9.32. The number of halogens is 2. The molecule has 1 atom stereocenters. The van der Waals surface area contributed by atoms with Crippen LogP contribution in [0.25, 0.3) is 0 Å². The van der Waals surface area contributed by atoms with Crippen molar-refractivity contribution in [1.82, 2.24) is 10.2 Å². The molecule has 1 unspecified atom stereocenters. The van der Waals surface area contributed by atoms with Crippen LogP contribution in [-0.4, -0.2) is 22.1 Å². The average molecular weight is 379 g/mol. The van der Waals surface area contributed by atoms with E-state index in [9.17, 15) is 4.79 Å². The lowest BCUT2D eigenvalue weighted by Gasteiger charge is -2.08. The van der Waals surface area contributed by atoms with Gasteiger partial charge in [0.05, 0.1) is 5.02 Å². The molecular weight excluding hydrogens is 363 g/mol. The smallest absolute Gasteiger partial charge is 0.224 e. The number of aromatic nitrogens is 2. The zero-order valence-electron chi connectivity index (χ0n) is 11.8. The van der Waals surface area contributed by atoms with Crippen molar-refractivity contribution in [2.45, 2.75) is 35.0 Å². The van der Waals surface area contributed by atoms with Gasteiger partial charge in [-0.1, -0.05) is 34.7 Å². The van der Waals surface area contributed by atoms with Gasteiger partial charge in [0.25, 0.3) is 0 Å². The van der Waals surface area contributed by atoms with Gasteiger partial charge in [0.1, 0.15) is 5.51 Å². The number of anilines is 1. The molecule has 0 fully saturated rings. The van der Waals surface area contributed by atoms with Gasteiger partial charge in [-0.25, -0.2) is 0 Å². The largest absolute Gasteiger partial charge is 0.328 e. The van der Waals surface area contributed by atoms with Gasteiger partial charge >= 0.3 is 0 Å². The third-order valence-electron chi connectivity index (χ3n) is 2.58. The molecule has 1 aromatic heterocycles. The summed E-state index contributed by atoms with van der Waals surface area (Å²) in [7, 11) is 0. The van der Waals surface area contributed by atoms with Crippen LogP contribution in [0, 0.1) is 0 Å². The van der Waals surface area contributed by atoms with Crippen LogP contribution in [-0.2, 0) is 4.79 Å². The van der Waals surface area contributed by atoms with Crippen molar-refractivity contribution in [2.24, 2.45) is 5.73 Å². The number of rotatable bonds is 6. The summed E-state index contributed by atoms with van der Waals surface area (Å²) in [5, 5.41) is 11.1. The number of carbonyl (C=O) groups excluding carboxylic acids is 1. The molecule has 1 aromatic carbocycles. The van der Waals surface area contributed by atoms with E-state index in [1.807, 2.05) is 19.1 Å². The van der Waals surface area contributed by atoms with Crippen molar-refractivity contribution in [1.29, 1.82) is 0 Å². The van der Waals surface area contributed by atoms with Crippen LogP contribution in [0.2, 0.25) is 5.02 Å². The summed E-state index contributed by atoms with van der Waals surface area (Å²) >= 11 is 9.12. The zero-order chi connectivity index (χ0) is 15.2.